The fourth-order valence-corrected chi connectivity index (χ4v) is 2.20. The number of unbranched alkanes of at least 4 members (excludes halogenated alkanes) is 1. The normalized spacial score (nSPS) is 15.1. The van der Waals surface area contributed by atoms with E-state index >= 15 is 0 Å². The highest BCUT2D eigenvalue weighted by atomic mass is 32.1. The van der Waals surface area contributed by atoms with E-state index in [1.807, 2.05) is 0 Å². The predicted molar refractivity (Wildman–Crippen MR) is 62.8 cm³/mol. The SMILES string of the molecule is CCCCC(CC)CC(O)c1cnsn1. The van der Waals surface area contributed by atoms with E-state index in [1.165, 1.54) is 19.3 Å². The molecule has 0 aliphatic carbocycles. The zero-order valence-electron chi connectivity index (χ0n) is 9.52. The van der Waals surface area contributed by atoms with Gasteiger partial charge in [-0.2, -0.15) is 8.75 Å². The van der Waals surface area contributed by atoms with Crippen molar-refractivity contribution in [3.63, 3.8) is 0 Å². The van der Waals surface area contributed by atoms with Gasteiger partial charge in [-0.3, -0.25) is 0 Å². The summed E-state index contributed by atoms with van der Waals surface area (Å²) in [6.07, 6.45) is 6.89. The lowest BCUT2D eigenvalue weighted by atomic mass is 9.92. The molecule has 4 heteroatoms. The molecule has 0 saturated carbocycles. The average Bonchev–Trinajstić information content (AvgIpc) is 2.77. The minimum atomic E-state index is -0.425. The smallest absolute Gasteiger partial charge is 0.103 e. The molecule has 0 aliphatic rings. The van der Waals surface area contributed by atoms with Gasteiger partial charge < -0.3 is 5.11 Å². The number of aliphatic hydroxyl groups is 1. The number of hydrogen-bond acceptors (Lipinski definition) is 4. The number of rotatable bonds is 7. The van der Waals surface area contributed by atoms with Crippen LogP contribution in [0.15, 0.2) is 6.20 Å². The molecule has 0 aliphatic heterocycles. The van der Waals surface area contributed by atoms with E-state index in [2.05, 4.69) is 22.6 Å². The quantitative estimate of drug-likeness (QED) is 0.779. The fourth-order valence-electron chi connectivity index (χ4n) is 1.74. The standard InChI is InChI=1S/C11H20N2OS/c1-3-5-6-9(4-2)7-11(14)10-8-12-15-13-10/h8-9,11,14H,3-7H2,1-2H3. The van der Waals surface area contributed by atoms with Gasteiger partial charge in [0, 0.05) is 0 Å². The second kappa shape index (κ2) is 6.90. The molecule has 86 valence electrons. The van der Waals surface area contributed by atoms with Gasteiger partial charge in [-0.05, 0) is 12.3 Å². The molecule has 1 aromatic heterocycles. The van der Waals surface area contributed by atoms with E-state index in [0.29, 0.717) is 5.92 Å². The summed E-state index contributed by atoms with van der Waals surface area (Å²) >= 11 is 1.16. The molecule has 1 aromatic rings. The predicted octanol–water partition coefficient (Wildman–Crippen LogP) is 3.18. The van der Waals surface area contributed by atoms with E-state index in [4.69, 9.17) is 0 Å². The van der Waals surface area contributed by atoms with Crippen LogP contribution in [0.25, 0.3) is 0 Å². The van der Waals surface area contributed by atoms with Gasteiger partial charge in [-0.15, -0.1) is 0 Å². The van der Waals surface area contributed by atoms with Gasteiger partial charge >= 0.3 is 0 Å². The van der Waals surface area contributed by atoms with E-state index in [0.717, 1.165) is 30.3 Å². The summed E-state index contributed by atoms with van der Waals surface area (Å²) in [4.78, 5) is 0. The lowest BCUT2D eigenvalue weighted by Crippen LogP contribution is -2.07. The third-order valence-corrected chi connectivity index (χ3v) is 3.31. The van der Waals surface area contributed by atoms with Crippen molar-refractivity contribution < 1.29 is 5.11 Å². The number of hydrogen-bond donors (Lipinski definition) is 1. The van der Waals surface area contributed by atoms with Crippen LogP contribution in [0.4, 0.5) is 0 Å². The third kappa shape index (κ3) is 4.26. The fraction of sp³-hybridized carbons (Fsp3) is 0.818. The van der Waals surface area contributed by atoms with Crippen LogP contribution in [0.2, 0.25) is 0 Å². The van der Waals surface area contributed by atoms with Crippen LogP contribution in [-0.4, -0.2) is 13.9 Å². The molecule has 3 nitrogen and oxygen atoms in total. The van der Waals surface area contributed by atoms with Crippen LogP contribution < -0.4 is 0 Å². The summed E-state index contributed by atoms with van der Waals surface area (Å²) in [5.41, 5.74) is 0.731. The molecule has 1 heterocycles. The maximum atomic E-state index is 9.91. The molecular formula is C11H20N2OS. The molecule has 1 rings (SSSR count). The summed E-state index contributed by atoms with van der Waals surface area (Å²) in [6, 6.07) is 0. The van der Waals surface area contributed by atoms with E-state index < -0.39 is 6.10 Å². The monoisotopic (exact) mass is 228 g/mol. The number of aromatic nitrogens is 2. The second-order valence-electron chi connectivity index (χ2n) is 4.00. The van der Waals surface area contributed by atoms with Gasteiger partial charge in [0.15, 0.2) is 0 Å². The van der Waals surface area contributed by atoms with Crippen LogP contribution in [0.5, 0.6) is 0 Å². The van der Waals surface area contributed by atoms with Crippen molar-refractivity contribution in [2.45, 2.75) is 52.1 Å². The topological polar surface area (TPSA) is 46.0 Å². The zero-order chi connectivity index (χ0) is 11.1. The Hall–Kier alpha value is -0.480. The first-order valence-corrected chi connectivity index (χ1v) is 6.46. The highest BCUT2D eigenvalue weighted by Crippen LogP contribution is 2.25. The Labute approximate surface area is 95.9 Å². The van der Waals surface area contributed by atoms with Crippen molar-refractivity contribution in [2.75, 3.05) is 0 Å². The third-order valence-electron chi connectivity index (χ3n) is 2.82. The van der Waals surface area contributed by atoms with Crippen molar-refractivity contribution in [2.24, 2.45) is 5.92 Å². The van der Waals surface area contributed by atoms with Crippen molar-refractivity contribution >= 4 is 11.7 Å². The van der Waals surface area contributed by atoms with Gasteiger partial charge in [-0.1, -0.05) is 39.5 Å². The Morgan fingerprint density at radius 2 is 2.27 bits per heavy atom. The van der Waals surface area contributed by atoms with E-state index in [1.54, 1.807) is 6.20 Å². The second-order valence-corrected chi connectivity index (χ2v) is 4.56. The first kappa shape index (κ1) is 12.6. The van der Waals surface area contributed by atoms with Gasteiger partial charge in [0.05, 0.1) is 24.0 Å². The molecule has 0 spiro atoms. The van der Waals surface area contributed by atoms with E-state index in [9.17, 15) is 5.11 Å². The zero-order valence-corrected chi connectivity index (χ0v) is 10.3. The highest BCUT2D eigenvalue weighted by molar-refractivity contribution is 6.99. The van der Waals surface area contributed by atoms with Gasteiger partial charge in [-0.25, -0.2) is 0 Å². The molecule has 0 aromatic carbocycles. The van der Waals surface area contributed by atoms with Crippen molar-refractivity contribution in [3.05, 3.63) is 11.9 Å². The molecule has 0 radical (unpaired) electrons. The van der Waals surface area contributed by atoms with Crippen LogP contribution in [0.1, 0.15) is 57.7 Å². The highest BCUT2D eigenvalue weighted by Gasteiger charge is 2.16. The average molecular weight is 228 g/mol. The Morgan fingerprint density at radius 1 is 1.47 bits per heavy atom. The maximum absolute atomic E-state index is 9.91. The Balaban J connectivity index is 2.37. The molecule has 0 saturated heterocycles. The lowest BCUT2D eigenvalue weighted by molar-refractivity contribution is 0.135. The summed E-state index contributed by atoms with van der Waals surface area (Å²) in [5, 5.41) is 9.91. The van der Waals surface area contributed by atoms with Crippen molar-refractivity contribution in [3.8, 4) is 0 Å². The molecule has 0 amide bonds. The summed E-state index contributed by atoms with van der Waals surface area (Å²) in [5.74, 6) is 0.613. The van der Waals surface area contributed by atoms with Crippen LogP contribution in [0.3, 0.4) is 0 Å². The maximum Gasteiger partial charge on any atom is 0.103 e. The summed E-state index contributed by atoms with van der Waals surface area (Å²) < 4.78 is 7.97. The van der Waals surface area contributed by atoms with Gasteiger partial charge in [0.2, 0.25) is 0 Å². The van der Waals surface area contributed by atoms with Gasteiger partial charge in [0.25, 0.3) is 0 Å². The molecular weight excluding hydrogens is 208 g/mol. The first-order valence-electron chi connectivity index (χ1n) is 5.73. The Kier molecular flexibility index (Phi) is 5.79. The van der Waals surface area contributed by atoms with E-state index in [-0.39, 0.29) is 0 Å². The Bertz CT molecular complexity index is 251. The lowest BCUT2D eigenvalue weighted by Gasteiger charge is -2.17. The number of nitrogens with zero attached hydrogens (tertiary/aromatic N) is 2. The Morgan fingerprint density at radius 3 is 2.80 bits per heavy atom. The minimum absolute atomic E-state index is 0.425. The van der Waals surface area contributed by atoms with Crippen LogP contribution in [0, 0.1) is 5.92 Å². The molecule has 2 atom stereocenters. The van der Waals surface area contributed by atoms with Gasteiger partial charge in [0.1, 0.15) is 5.69 Å². The molecule has 15 heavy (non-hydrogen) atoms. The molecule has 2 unspecified atom stereocenters. The summed E-state index contributed by atoms with van der Waals surface area (Å²) in [6.45, 7) is 4.39. The minimum Gasteiger partial charge on any atom is -0.387 e. The first-order chi connectivity index (χ1) is 7.27. The molecule has 1 N–H and O–H groups in total. The van der Waals surface area contributed by atoms with Crippen LogP contribution in [-0.2, 0) is 0 Å². The largest absolute Gasteiger partial charge is 0.387 e. The van der Waals surface area contributed by atoms with Crippen molar-refractivity contribution in [1.29, 1.82) is 0 Å². The number of aliphatic hydroxyl groups excluding tert-OH is 1. The van der Waals surface area contributed by atoms with Crippen molar-refractivity contribution in [1.82, 2.24) is 8.75 Å². The molecule has 0 fully saturated rings. The van der Waals surface area contributed by atoms with Crippen LogP contribution >= 0.6 is 11.7 Å². The molecule has 0 bridgehead atoms. The summed E-state index contributed by atoms with van der Waals surface area (Å²) in [7, 11) is 0.